The number of primary amides is 1. The summed E-state index contributed by atoms with van der Waals surface area (Å²) < 4.78 is 5.02. The van der Waals surface area contributed by atoms with Gasteiger partial charge < -0.3 is 26.1 Å². The summed E-state index contributed by atoms with van der Waals surface area (Å²) in [6.45, 7) is -0.610. The van der Waals surface area contributed by atoms with E-state index < -0.39 is 35.5 Å². The maximum Gasteiger partial charge on any atom is 0.329 e. The van der Waals surface area contributed by atoms with Gasteiger partial charge in [-0.05, 0) is 23.8 Å². The van der Waals surface area contributed by atoms with E-state index in [1.807, 2.05) is 24.3 Å². The van der Waals surface area contributed by atoms with Crippen LogP contribution in [0.4, 0.5) is 16.2 Å². The number of fused-ring (bicyclic) bond motifs is 1. The number of ether oxygens (including phenoxy) is 1. The molecule has 0 spiro atoms. The number of nitrogens with one attached hydrogen (secondary N) is 3. The monoisotopic (exact) mass is 425 g/mol. The maximum absolute atomic E-state index is 12.5. The molecule has 3 amide bonds. The van der Waals surface area contributed by atoms with Gasteiger partial charge in [0.1, 0.15) is 6.04 Å². The Labute approximate surface area is 175 Å². The molecule has 1 heterocycles. The number of carbonyl (C=O) groups excluding carboxylic acids is 3. The molecular formula is C20H19N5O6. The van der Waals surface area contributed by atoms with Crippen LogP contribution in [0.3, 0.4) is 0 Å². The van der Waals surface area contributed by atoms with E-state index in [1.165, 1.54) is 24.3 Å². The molecule has 1 atom stereocenters. The Morgan fingerprint density at radius 2 is 1.84 bits per heavy atom. The van der Waals surface area contributed by atoms with Gasteiger partial charge in [-0.25, -0.2) is 9.59 Å². The number of anilines is 1. The normalized spacial score (nSPS) is 11.5. The van der Waals surface area contributed by atoms with E-state index in [2.05, 4.69) is 15.6 Å². The Kier molecular flexibility index (Phi) is 6.45. The van der Waals surface area contributed by atoms with Crippen molar-refractivity contribution >= 4 is 40.2 Å². The van der Waals surface area contributed by atoms with Crippen LogP contribution in [0, 0.1) is 10.1 Å². The highest BCUT2D eigenvalue weighted by atomic mass is 16.6. The van der Waals surface area contributed by atoms with Gasteiger partial charge in [-0.3, -0.25) is 14.9 Å². The lowest BCUT2D eigenvalue weighted by atomic mass is 10.1. The van der Waals surface area contributed by atoms with E-state index in [-0.39, 0.29) is 12.1 Å². The Morgan fingerprint density at radius 1 is 1.13 bits per heavy atom. The summed E-state index contributed by atoms with van der Waals surface area (Å²) in [5, 5.41) is 16.3. The molecule has 160 valence electrons. The lowest BCUT2D eigenvalue weighted by Crippen LogP contribution is -2.46. The number of aromatic amines is 1. The van der Waals surface area contributed by atoms with Crippen molar-refractivity contribution in [3.63, 3.8) is 0 Å². The van der Waals surface area contributed by atoms with E-state index >= 15 is 0 Å². The number of esters is 1. The van der Waals surface area contributed by atoms with Crippen LogP contribution in [-0.4, -0.2) is 40.5 Å². The average Bonchev–Trinajstić information content (AvgIpc) is 3.14. The smallest absolute Gasteiger partial charge is 0.329 e. The number of rotatable bonds is 8. The molecule has 1 aromatic heterocycles. The lowest BCUT2D eigenvalue weighted by molar-refractivity contribution is -0.384. The minimum Gasteiger partial charge on any atom is -0.454 e. The minimum absolute atomic E-state index is 0.107. The second-order valence-electron chi connectivity index (χ2n) is 6.58. The van der Waals surface area contributed by atoms with Gasteiger partial charge >= 0.3 is 12.0 Å². The van der Waals surface area contributed by atoms with E-state index in [4.69, 9.17) is 10.5 Å². The number of nitro benzene ring substituents is 1. The van der Waals surface area contributed by atoms with Crippen molar-refractivity contribution in [1.29, 1.82) is 0 Å². The fraction of sp³-hybridized carbons (Fsp3) is 0.150. The van der Waals surface area contributed by atoms with Crippen molar-refractivity contribution in [3.8, 4) is 0 Å². The van der Waals surface area contributed by atoms with Crippen LogP contribution in [0.1, 0.15) is 5.56 Å². The SMILES string of the molecule is NC(=O)N[C@@H](Cc1c[nH]c2ccccc12)C(=O)OCC(=O)Nc1ccc([N+](=O)[O-])cc1. The highest BCUT2D eigenvalue weighted by Gasteiger charge is 2.24. The fourth-order valence-corrected chi connectivity index (χ4v) is 2.99. The first-order valence-corrected chi connectivity index (χ1v) is 9.15. The average molecular weight is 425 g/mol. The Bertz CT molecular complexity index is 1120. The number of benzene rings is 2. The van der Waals surface area contributed by atoms with Crippen LogP contribution >= 0.6 is 0 Å². The quantitative estimate of drug-likeness (QED) is 0.244. The molecule has 0 unspecified atom stereocenters. The minimum atomic E-state index is -1.09. The molecule has 0 aliphatic carbocycles. The molecule has 0 aliphatic rings. The second-order valence-corrected chi connectivity index (χ2v) is 6.58. The van der Waals surface area contributed by atoms with Crippen molar-refractivity contribution in [2.45, 2.75) is 12.5 Å². The van der Waals surface area contributed by atoms with Gasteiger partial charge in [0, 0.05) is 41.3 Å². The number of para-hydroxylation sites is 1. The summed E-state index contributed by atoms with van der Waals surface area (Å²) in [4.78, 5) is 49.0. The third kappa shape index (κ3) is 5.56. The molecular weight excluding hydrogens is 406 g/mol. The number of non-ortho nitro benzene ring substituents is 1. The summed E-state index contributed by atoms with van der Waals surface area (Å²) in [6, 6.07) is 10.6. The van der Waals surface area contributed by atoms with Crippen LogP contribution in [0.15, 0.2) is 54.7 Å². The van der Waals surface area contributed by atoms with Gasteiger partial charge in [0.25, 0.3) is 11.6 Å². The molecule has 3 rings (SSSR count). The van der Waals surface area contributed by atoms with Crippen LogP contribution < -0.4 is 16.4 Å². The predicted molar refractivity (Wildman–Crippen MR) is 111 cm³/mol. The highest BCUT2D eigenvalue weighted by molar-refractivity contribution is 5.93. The zero-order valence-electron chi connectivity index (χ0n) is 16.2. The summed E-state index contributed by atoms with van der Waals surface area (Å²) in [5.74, 6) is -1.48. The molecule has 0 fully saturated rings. The van der Waals surface area contributed by atoms with E-state index in [1.54, 1.807) is 6.20 Å². The molecule has 0 radical (unpaired) electrons. The van der Waals surface area contributed by atoms with E-state index in [0.29, 0.717) is 5.69 Å². The number of H-pyrrole nitrogens is 1. The number of carbonyl (C=O) groups is 3. The molecule has 0 aliphatic heterocycles. The van der Waals surface area contributed by atoms with Crippen molar-refractivity contribution in [1.82, 2.24) is 10.3 Å². The highest BCUT2D eigenvalue weighted by Crippen LogP contribution is 2.19. The maximum atomic E-state index is 12.5. The number of urea groups is 1. The van der Waals surface area contributed by atoms with E-state index in [9.17, 15) is 24.5 Å². The van der Waals surface area contributed by atoms with Crippen LogP contribution in [0.25, 0.3) is 10.9 Å². The molecule has 11 heteroatoms. The standard InChI is InChI=1S/C20H19N5O6/c21-20(28)24-17(9-12-10-22-16-4-2-1-3-15(12)16)19(27)31-11-18(26)23-13-5-7-14(8-6-13)25(29)30/h1-8,10,17,22H,9,11H2,(H,23,26)(H3,21,24,28)/t17-/m0/s1. The van der Waals surface area contributed by atoms with Crippen LogP contribution in [0.5, 0.6) is 0 Å². The Balaban J connectivity index is 1.60. The topological polar surface area (TPSA) is 169 Å². The van der Waals surface area contributed by atoms with Crippen molar-refractivity contribution in [2.75, 3.05) is 11.9 Å². The number of hydrogen-bond donors (Lipinski definition) is 4. The first kappa shape index (κ1) is 21.3. The first-order chi connectivity index (χ1) is 14.8. The number of nitrogens with two attached hydrogens (primary N) is 1. The zero-order chi connectivity index (χ0) is 22.4. The largest absolute Gasteiger partial charge is 0.454 e. The first-order valence-electron chi connectivity index (χ1n) is 9.15. The van der Waals surface area contributed by atoms with Crippen LogP contribution in [0.2, 0.25) is 0 Å². The van der Waals surface area contributed by atoms with Gasteiger partial charge in [-0.2, -0.15) is 0 Å². The molecule has 0 saturated carbocycles. The van der Waals surface area contributed by atoms with Gasteiger partial charge in [0.2, 0.25) is 0 Å². The summed E-state index contributed by atoms with van der Waals surface area (Å²) in [7, 11) is 0. The van der Waals surface area contributed by atoms with Crippen molar-refractivity contribution in [2.24, 2.45) is 5.73 Å². The van der Waals surface area contributed by atoms with E-state index in [0.717, 1.165) is 16.5 Å². The second kappa shape index (κ2) is 9.39. The zero-order valence-corrected chi connectivity index (χ0v) is 16.2. The number of amides is 3. The summed E-state index contributed by atoms with van der Waals surface area (Å²) in [5.41, 5.74) is 6.98. The molecule has 5 N–H and O–H groups in total. The number of nitro groups is 1. The summed E-state index contributed by atoms with van der Waals surface area (Å²) >= 11 is 0. The molecule has 0 bridgehead atoms. The Hall–Kier alpha value is -4.41. The molecule has 2 aromatic carbocycles. The van der Waals surface area contributed by atoms with Crippen molar-refractivity contribution in [3.05, 3.63) is 70.4 Å². The number of aromatic nitrogens is 1. The molecule has 31 heavy (non-hydrogen) atoms. The molecule has 11 nitrogen and oxygen atoms in total. The number of hydrogen-bond acceptors (Lipinski definition) is 6. The lowest BCUT2D eigenvalue weighted by Gasteiger charge is -2.16. The van der Waals surface area contributed by atoms with Crippen LogP contribution in [-0.2, 0) is 20.7 Å². The molecule has 0 saturated heterocycles. The van der Waals surface area contributed by atoms with Crippen molar-refractivity contribution < 1.29 is 24.0 Å². The van der Waals surface area contributed by atoms with Gasteiger partial charge in [-0.15, -0.1) is 0 Å². The molecule has 3 aromatic rings. The van der Waals surface area contributed by atoms with Gasteiger partial charge in [-0.1, -0.05) is 18.2 Å². The number of nitrogens with zero attached hydrogens (tertiary/aromatic N) is 1. The third-order valence-corrected chi connectivity index (χ3v) is 4.41. The van der Waals surface area contributed by atoms with Gasteiger partial charge in [0.15, 0.2) is 6.61 Å². The fourth-order valence-electron chi connectivity index (χ4n) is 2.99. The van der Waals surface area contributed by atoms with Gasteiger partial charge in [0.05, 0.1) is 4.92 Å². The third-order valence-electron chi connectivity index (χ3n) is 4.41. The predicted octanol–water partition coefficient (Wildman–Crippen LogP) is 1.84. The summed E-state index contributed by atoms with van der Waals surface area (Å²) in [6.07, 6.45) is 1.82. The Morgan fingerprint density at radius 3 is 2.52 bits per heavy atom.